The van der Waals surface area contributed by atoms with Crippen LogP contribution >= 0.6 is 0 Å². The first-order valence-corrected chi connectivity index (χ1v) is 9.55. The van der Waals surface area contributed by atoms with Gasteiger partial charge in [-0.25, -0.2) is 4.79 Å². The molecule has 1 aliphatic heterocycles. The van der Waals surface area contributed by atoms with Gasteiger partial charge < -0.3 is 19.1 Å². The Bertz CT molecular complexity index is 673. The van der Waals surface area contributed by atoms with Crippen LogP contribution in [-0.2, 0) is 35.1 Å². The van der Waals surface area contributed by atoms with Gasteiger partial charge in [-0.15, -0.1) is 0 Å². The molecular formula is C16H23NO7S. The number of nitrogens with zero attached hydrogens (tertiary/aromatic N) is 1. The number of rotatable bonds is 6. The van der Waals surface area contributed by atoms with Crippen LogP contribution in [0.5, 0.6) is 0 Å². The highest BCUT2D eigenvalue weighted by Gasteiger charge is 2.48. The van der Waals surface area contributed by atoms with Gasteiger partial charge in [0.05, 0.1) is 12.8 Å². The molecule has 2 rings (SSSR count). The second-order valence-corrected chi connectivity index (χ2v) is 7.35. The minimum Gasteiger partial charge on any atom is -0.445 e. The third-order valence-corrected chi connectivity index (χ3v) is 4.63. The van der Waals surface area contributed by atoms with Crippen LogP contribution < -0.4 is 0 Å². The van der Waals surface area contributed by atoms with Crippen molar-refractivity contribution in [1.82, 2.24) is 4.90 Å². The Morgan fingerprint density at radius 2 is 1.88 bits per heavy atom. The molecule has 1 saturated heterocycles. The summed E-state index contributed by atoms with van der Waals surface area (Å²) in [6.07, 6.45) is -0.349. The van der Waals surface area contributed by atoms with Crippen LogP contribution in [0.1, 0.15) is 12.0 Å². The molecule has 1 aliphatic rings. The lowest BCUT2D eigenvalue weighted by Crippen LogP contribution is -2.60. The zero-order valence-corrected chi connectivity index (χ0v) is 15.3. The number of hydrogen-bond donors (Lipinski definition) is 0. The fourth-order valence-electron chi connectivity index (χ4n) is 2.72. The predicted molar refractivity (Wildman–Crippen MR) is 89.3 cm³/mol. The summed E-state index contributed by atoms with van der Waals surface area (Å²) in [7, 11) is -0.942. The zero-order valence-electron chi connectivity index (χ0n) is 14.5. The van der Waals surface area contributed by atoms with Crippen LogP contribution in [0.2, 0.25) is 0 Å². The van der Waals surface area contributed by atoms with Crippen molar-refractivity contribution in [3.05, 3.63) is 35.9 Å². The lowest BCUT2D eigenvalue weighted by Gasteiger charge is -2.44. The monoisotopic (exact) mass is 373 g/mol. The van der Waals surface area contributed by atoms with E-state index < -0.39 is 28.1 Å². The molecule has 1 amide bonds. The number of piperidine rings is 1. The van der Waals surface area contributed by atoms with Gasteiger partial charge in [-0.05, 0) is 5.56 Å². The topological polar surface area (TPSA) is 91.4 Å². The van der Waals surface area contributed by atoms with E-state index in [1.807, 2.05) is 30.3 Å². The maximum Gasteiger partial charge on any atom is 0.410 e. The molecule has 9 heteroatoms. The van der Waals surface area contributed by atoms with Crippen molar-refractivity contribution in [3.63, 3.8) is 0 Å². The summed E-state index contributed by atoms with van der Waals surface area (Å²) in [5, 5.41) is 0. The van der Waals surface area contributed by atoms with Gasteiger partial charge in [0.2, 0.25) is 0 Å². The SMILES string of the molecule is COC1(OC)CCN(C(=O)OCc2ccccc2)C[C@@H]1OS(C)(=O)=O. The number of amides is 1. The van der Waals surface area contributed by atoms with Gasteiger partial charge in [-0.3, -0.25) is 4.18 Å². The first kappa shape index (κ1) is 19.6. The van der Waals surface area contributed by atoms with Crippen molar-refractivity contribution < 1.29 is 31.6 Å². The Kier molecular flexibility index (Phi) is 6.39. The highest BCUT2D eigenvalue weighted by Crippen LogP contribution is 2.30. The van der Waals surface area contributed by atoms with Crippen molar-refractivity contribution in [2.24, 2.45) is 0 Å². The lowest BCUT2D eigenvalue weighted by atomic mass is 10.0. The standard InChI is InChI=1S/C16H23NO7S/c1-21-16(22-2)9-10-17(11-14(16)24-25(3,19)20)15(18)23-12-13-7-5-4-6-8-13/h4-8,14H,9-12H2,1-3H3/t14-/m0/s1. The molecule has 0 spiro atoms. The number of carbonyl (C=O) groups is 1. The quantitative estimate of drug-likeness (QED) is 0.549. The maximum absolute atomic E-state index is 12.3. The molecule has 0 saturated carbocycles. The minimum absolute atomic E-state index is 0.0254. The van der Waals surface area contributed by atoms with E-state index in [0.717, 1.165) is 11.8 Å². The number of hydrogen-bond acceptors (Lipinski definition) is 7. The smallest absolute Gasteiger partial charge is 0.410 e. The van der Waals surface area contributed by atoms with E-state index in [4.69, 9.17) is 18.4 Å². The van der Waals surface area contributed by atoms with E-state index in [1.165, 1.54) is 19.1 Å². The zero-order chi connectivity index (χ0) is 18.5. The molecule has 140 valence electrons. The molecule has 0 aliphatic carbocycles. The lowest BCUT2D eigenvalue weighted by molar-refractivity contribution is -0.269. The first-order chi connectivity index (χ1) is 11.8. The summed E-state index contributed by atoms with van der Waals surface area (Å²) >= 11 is 0. The molecule has 0 unspecified atom stereocenters. The third kappa shape index (κ3) is 5.15. The molecule has 1 aromatic rings. The largest absolute Gasteiger partial charge is 0.445 e. The molecular weight excluding hydrogens is 350 g/mol. The molecule has 1 fully saturated rings. The van der Waals surface area contributed by atoms with E-state index in [2.05, 4.69) is 0 Å². The van der Waals surface area contributed by atoms with Crippen molar-refractivity contribution >= 4 is 16.2 Å². The number of ether oxygens (including phenoxy) is 3. The normalized spacial score (nSPS) is 20.3. The van der Waals surface area contributed by atoms with E-state index in [9.17, 15) is 13.2 Å². The van der Waals surface area contributed by atoms with Crippen molar-refractivity contribution in [3.8, 4) is 0 Å². The van der Waals surface area contributed by atoms with Gasteiger partial charge in [-0.2, -0.15) is 8.42 Å². The number of likely N-dealkylation sites (tertiary alicyclic amines) is 1. The summed E-state index contributed by atoms with van der Waals surface area (Å²) < 4.78 is 44.2. The van der Waals surface area contributed by atoms with Gasteiger partial charge in [0.25, 0.3) is 10.1 Å². The third-order valence-electron chi connectivity index (χ3n) is 4.05. The highest BCUT2D eigenvalue weighted by atomic mass is 32.2. The van der Waals surface area contributed by atoms with E-state index in [0.29, 0.717) is 6.54 Å². The summed E-state index contributed by atoms with van der Waals surface area (Å²) in [6, 6.07) is 9.27. The average molecular weight is 373 g/mol. The first-order valence-electron chi connectivity index (χ1n) is 7.74. The van der Waals surface area contributed by atoms with Crippen molar-refractivity contribution in [2.45, 2.75) is 24.9 Å². The van der Waals surface area contributed by atoms with E-state index >= 15 is 0 Å². The Balaban J connectivity index is 2.04. The minimum atomic E-state index is -3.76. The second-order valence-electron chi connectivity index (χ2n) is 5.75. The Labute approximate surface area is 147 Å². The fourth-order valence-corrected chi connectivity index (χ4v) is 3.35. The average Bonchev–Trinajstić information content (AvgIpc) is 2.59. The van der Waals surface area contributed by atoms with Crippen LogP contribution in [0.4, 0.5) is 4.79 Å². The van der Waals surface area contributed by atoms with Crippen molar-refractivity contribution in [1.29, 1.82) is 0 Å². The van der Waals surface area contributed by atoms with E-state index in [-0.39, 0.29) is 19.6 Å². The molecule has 1 atom stereocenters. The Hall–Kier alpha value is -1.68. The number of methoxy groups -OCH3 is 2. The van der Waals surface area contributed by atoms with Gasteiger partial charge >= 0.3 is 6.09 Å². The molecule has 0 aromatic heterocycles. The molecule has 1 aromatic carbocycles. The molecule has 0 bridgehead atoms. The predicted octanol–water partition coefficient (Wildman–Crippen LogP) is 1.36. The molecule has 8 nitrogen and oxygen atoms in total. The van der Waals surface area contributed by atoms with Crippen LogP contribution in [0.3, 0.4) is 0 Å². The van der Waals surface area contributed by atoms with Gasteiger partial charge in [0.15, 0.2) is 5.79 Å². The molecule has 0 radical (unpaired) electrons. The fraction of sp³-hybridized carbons (Fsp3) is 0.562. The Morgan fingerprint density at radius 3 is 2.44 bits per heavy atom. The second kappa shape index (κ2) is 8.13. The van der Waals surface area contributed by atoms with E-state index in [1.54, 1.807) is 0 Å². The van der Waals surface area contributed by atoms with Crippen LogP contribution in [-0.4, -0.2) is 64.9 Å². The maximum atomic E-state index is 12.3. The van der Waals surface area contributed by atoms with Gasteiger partial charge in [0.1, 0.15) is 12.7 Å². The molecule has 25 heavy (non-hydrogen) atoms. The van der Waals surface area contributed by atoms with Gasteiger partial charge in [0, 0.05) is 27.2 Å². The number of carbonyl (C=O) groups excluding carboxylic acids is 1. The Morgan fingerprint density at radius 1 is 1.24 bits per heavy atom. The van der Waals surface area contributed by atoms with Crippen LogP contribution in [0.25, 0.3) is 0 Å². The molecule has 1 heterocycles. The summed E-state index contributed by atoms with van der Waals surface area (Å²) in [6.45, 7) is 0.398. The van der Waals surface area contributed by atoms with Gasteiger partial charge in [-0.1, -0.05) is 30.3 Å². The molecule has 0 N–H and O–H groups in total. The summed E-state index contributed by atoms with van der Waals surface area (Å²) in [5.41, 5.74) is 0.861. The number of benzene rings is 1. The van der Waals surface area contributed by atoms with Crippen LogP contribution in [0.15, 0.2) is 30.3 Å². The summed E-state index contributed by atoms with van der Waals surface area (Å²) in [5.74, 6) is -1.24. The summed E-state index contributed by atoms with van der Waals surface area (Å²) in [4.78, 5) is 13.7. The highest BCUT2D eigenvalue weighted by molar-refractivity contribution is 7.86. The van der Waals surface area contributed by atoms with Crippen molar-refractivity contribution in [2.75, 3.05) is 33.6 Å². The van der Waals surface area contributed by atoms with Crippen LogP contribution in [0, 0.1) is 0 Å².